The lowest BCUT2D eigenvalue weighted by Gasteiger charge is -2.35. The Bertz CT molecular complexity index is 805. The van der Waals surface area contributed by atoms with Gasteiger partial charge in [-0.25, -0.2) is 0 Å². The van der Waals surface area contributed by atoms with Crippen LogP contribution < -0.4 is 0 Å². The normalized spacial score (nSPS) is 14.5. The second kappa shape index (κ2) is 7.09. The zero-order chi connectivity index (χ0) is 18.0. The number of piperazine rings is 1. The molecule has 0 atom stereocenters. The van der Waals surface area contributed by atoms with Crippen molar-refractivity contribution in [2.75, 3.05) is 26.2 Å². The molecule has 1 saturated heterocycles. The van der Waals surface area contributed by atoms with E-state index in [1.54, 1.807) is 0 Å². The first-order valence-electron chi connectivity index (χ1n) is 8.69. The fourth-order valence-electron chi connectivity index (χ4n) is 3.15. The van der Waals surface area contributed by atoms with Crippen molar-refractivity contribution in [3.05, 3.63) is 70.3 Å². The molecule has 0 saturated carbocycles. The van der Waals surface area contributed by atoms with E-state index in [-0.39, 0.29) is 11.8 Å². The first kappa shape index (κ1) is 17.2. The number of carbonyl (C=O) groups excluding carboxylic acids is 2. The lowest BCUT2D eigenvalue weighted by atomic mass is 10.0. The van der Waals surface area contributed by atoms with E-state index in [0.29, 0.717) is 26.2 Å². The predicted octanol–water partition coefficient (Wildman–Crippen LogP) is 3.21. The average molecular weight is 336 g/mol. The van der Waals surface area contributed by atoms with E-state index in [4.69, 9.17) is 0 Å². The van der Waals surface area contributed by atoms with Crippen LogP contribution in [0.3, 0.4) is 0 Å². The number of amides is 2. The Morgan fingerprint density at radius 3 is 1.92 bits per heavy atom. The average Bonchev–Trinajstić information content (AvgIpc) is 2.63. The van der Waals surface area contributed by atoms with Gasteiger partial charge in [0.25, 0.3) is 11.8 Å². The summed E-state index contributed by atoms with van der Waals surface area (Å²) >= 11 is 0. The second-order valence-corrected chi connectivity index (χ2v) is 6.70. The molecule has 0 aliphatic carbocycles. The molecule has 130 valence electrons. The minimum Gasteiger partial charge on any atom is -0.335 e. The number of nitrogens with zero attached hydrogens (tertiary/aromatic N) is 2. The molecule has 4 nitrogen and oxygen atoms in total. The van der Waals surface area contributed by atoms with Gasteiger partial charge in [0.2, 0.25) is 0 Å². The van der Waals surface area contributed by atoms with Gasteiger partial charge in [0, 0.05) is 37.3 Å². The summed E-state index contributed by atoms with van der Waals surface area (Å²) in [5, 5.41) is 0. The van der Waals surface area contributed by atoms with Crippen molar-refractivity contribution in [2.45, 2.75) is 20.8 Å². The molecule has 2 aromatic rings. The standard InChI is InChI=1S/C21H24N2O2/c1-15-8-9-18(14-17(15)3)20(24)22-10-12-23(13-11-22)21(25)19-7-5-4-6-16(19)2/h4-9,14H,10-13H2,1-3H3. The van der Waals surface area contributed by atoms with Crippen molar-refractivity contribution in [1.82, 2.24) is 9.80 Å². The van der Waals surface area contributed by atoms with E-state index in [1.807, 2.05) is 73.0 Å². The third kappa shape index (κ3) is 3.58. The van der Waals surface area contributed by atoms with Crippen LogP contribution in [0, 0.1) is 20.8 Å². The minimum absolute atomic E-state index is 0.0473. The van der Waals surface area contributed by atoms with Crippen molar-refractivity contribution in [3.8, 4) is 0 Å². The molecule has 2 amide bonds. The Labute approximate surface area is 149 Å². The molecule has 1 aliphatic heterocycles. The summed E-state index contributed by atoms with van der Waals surface area (Å²) in [5.74, 6) is 0.0995. The molecule has 3 rings (SSSR count). The topological polar surface area (TPSA) is 40.6 Å². The zero-order valence-electron chi connectivity index (χ0n) is 15.1. The summed E-state index contributed by atoms with van der Waals surface area (Å²) < 4.78 is 0. The number of carbonyl (C=O) groups is 2. The van der Waals surface area contributed by atoms with Crippen molar-refractivity contribution in [2.24, 2.45) is 0 Å². The van der Waals surface area contributed by atoms with Crippen LogP contribution in [0.2, 0.25) is 0 Å². The maximum atomic E-state index is 12.7. The van der Waals surface area contributed by atoms with Gasteiger partial charge in [0.15, 0.2) is 0 Å². The van der Waals surface area contributed by atoms with Crippen LogP contribution in [-0.4, -0.2) is 47.8 Å². The summed E-state index contributed by atoms with van der Waals surface area (Å²) in [5.41, 5.74) is 4.77. The van der Waals surface area contributed by atoms with E-state index >= 15 is 0 Å². The third-order valence-corrected chi connectivity index (χ3v) is 4.98. The van der Waals surface area contributed by atoms with Crippen molar-refractivity contribution < 1.29 is 9.59 Å². The summed E-state index contributed by atoms with van der Waals surface area (Å²) in [7, 11) is 0. The Kier molecular flexibility index (Phi) is 4.88. The monoisotopic (exact) mass is 336 g/mol. The lowest BCUT2D eigenvalue weighted by molar-refractivity contribution is 0.0535. The van der Waals surface area contributed by atoms with E-state index in [1.165, 1.54) is 5.56 Å². The first-order valence-corrected chi connectivity index (χ1v) is 8.69. The van der Waals surface area contributed by atoms with Crippen molar-refractivity contribution in [3.63, 3.8) is 0 Å². The second-order valence-electron chi connectivity index (χ2n) is 6.70. The number of hydrogen-bond donors (Lipinski definition) is 0. The van der Waals surface area contributed by atoms with Gasteiger partial charge in [-0.15, -0.1) is 0 Å². The van der Waals surface area contributed by atoms with Gasteiger partial charge in [0.1, 0.15) is 0 Å². The van der Waals surface area contributed by atoms with Crippen LogP contribution in [0.15, 0.2) is 42.5 Å². The Balaban J connectivity index is 1.65. The van der Waals surface area contributed by atoms with Crippen LogP contribution in [0.5, 0.6) is 0 Å². The molecule has 0 bridgehead atoms. The summed E-state index contributed by atoms with van der Waals surface area (Å²) in [6, 6.07) is 13.5. The van der Waals surface area contributed by atoms with Gasteiger partial charge in [0.05, 0.1) is 0 Å². The van der Waals surface area contributed by atoms with Crippen molar-refractivity contribution in [1.29, 1.82) is 0 Å². The summed E-state index contributed by atoms with van der Waals surface area (Å²) in [4.78, 5) is 29.0. The van der Waals surface area contributed by atoms with E-state index in [2.05, 4.69) is 0 Å². The highest BCUT2D eigenvalue weighted by molar-refractivity contribution is 5.96. The van der Waals surface area contributed by atoms with Gasteiger partial charge in [-0.1, -0.05) is 24.3 Å². The van der Waals surface area contributed by atoms with Crippen LogP contribution >= 0.6 is 0 Å². The molecule has 1 aliphatic rings. The lowest BCUT2D eigenvalue weighted by Crippen LogP contribution is -2.50. The molecule has 0 unspecified atom stereocenters. The number of benzene rings is 2. The third-order valence-electron chi connectivity index (χ3n) is 4.98. The van der Waals surface area contributed by atoms with Crippen LogP contribution in [0.1, 0.15) is 37.4 Å². The molecule has 2 aromatic carbocycles. The predicted molar refractivity (Wildman–Crippen MR) is 98.9 cm³/mol. The van der Waals surface area contributed by atoms with Crippen molar-refractivity contribution >= 4 is 11.8 Å². The molecule has 4 heteroatoms. The largest absolute Gasteiger partial charge is 0.335 e. The summed E-state index contributed by atoms with van der Waals surface area (Å²) in [6.45, 7) is 8.30. The van der Waals surface area contributed by atoms with Gasteiger partial charge >= 0.3 is 0 Å². The molecule has 0 spiro atoms. The smallest absolute Gasteiger partial charge is 0.254 e. The summed E-state index contributed by atoms with van der Waals surface area (Å²) in [6.07, 6.45) is 0. The number of hydrogen-bond acceptors (Lipinski definition) is 2. The number of rotatable bonds is 2. The molecule has 25 heavy (non-hydrogen) atoms. The van der Waals surface area contributed by atoms with E-state index in [0.717, 1.165) is 22.3 Å². The molecule has 0 radical (unpaired) electrons. The van der Waals surface area contributed by atoms with E-state index in [9.17, 15) is 9.59 Å². The van der Waals surface area contributed by atoms with E-state index < -0.39 is 0 Å². The maximum Gasteiger partial charge on any atom is 0.254 e. The van der Waals surface area contributed by atoms with Gasteiger partial charge in [-0.2, -0.15) is 0 Å². The maximum absolute atomic E-state index is 12.7. The minimum atomic E-state index is 0.0473. The molecule has 1 fully saturated rings. The van der Waals surface area contributed by atoms with Crippen LogP contribution in [-0.2, 0) is 0 Å². The fraction of sp³-hybridized carbons (Fsp3) is 0.333. The Morgan fingerprint density at radius 1 is 0.720 bits per heavy atom. The highest BCUT2D eigenvalue weighted by atomic mass is 16.2. The zero-order valence-corrected chi connectivity index (χ0v) is 15.1. The fourth-order valence-corrected chi connectivity index (χ4v) is 3.15. The van der Waals surface area contributed by atoms with Gasteiger partial charge in [-0.3, -0.25) is 9.59 Å². The molecule has 0 N–H and O–H groups in total. The molecular weight excluding hydrogens is 312 g/mol. The molecular formula is C21H24N2O2. The quantitative estimate of drug-likeness (QED) is 0.845. The highest BCUT2D eigenvalue weighted by Gasteiger charge is 2.26. The SMILES string of the molecule is Cc1ccc(C(=O)N2CCN(C(=O)c3ccccc3C)CC2)cc1C. The first-order chi connectivity index (χ1) is 12.0. The van der Waals surface area contributed by atoms with Gasteiger partial charge in [-0.05, 0) is 55.7 Å². The highest BCUT2D eigenvalue weighted by Crippen LogP contribution is 2.16. The Hall–Kier alpha value is -2.62. The van der Waals surface area contributed by atoms with Gasteiger partial charge < -0.3 is 9.80 Å². The molecule has 0 aromatic heterocycles. The van der Waals surface area contributed by atoms with Crippen LogP contribution in [0.25, 0.3) is 0 Å². The Morgan fingerprint density at radius 2 is 1.32 bits per heavy atom. The number of aryl methyl sites for hydroxylation is 3. The molecule has 1 heterocycles. The van der Waals surface area contributed by atoms with Crippen LogP contribution in [0.4, 0.5) is 0 Å².